The fraction of sp³-hybridized carbons (Fsp3) is 0.571. The van der Waals surface area contributed by atoms with Crippen LogP contribution >= 0.6 is 0 Å². The molecule has 1 aliphatic heterocycles. The summed E-state index contributed by atoms with van der Waals surface area (Å²) in [7, 11) is 1.71. The predicted octanol–water partition coefficient (Wildman–Crippen LogP) is -0.256. The van der Waals surface area contributed by atoms with Crippen molar-refractivity contribution in [3.63, 3.8) is 0 Å². The van der Waals surface area contributed by atoms with Gasteiger partial charge in [-0.15, -0.1) is 0 Å². The zero-order valence-corrected chi connectivity index (χ0v) is 7.10. The van der Waals surface area contributed by atoms with Crippen LogP contribution in [0, 0.1) is 0 Å². The third kappa shape index (κ3) is 1.51. The first-order valence-corrected chi connectivity index (χ1v) is 3.54. The highest BCUT2D eigenvalue weighted by atomic mass is 15.3. The molecule has 4 heteroatoms. The number of rotatable bonds is 0. The minimum atomic E-state index is -0.472. The van der Waals surface area contributed by atoms with Gasteiger partial charge in [0.1, 0.15) is 5.66 Å². The number of nitrogens with one attached hydrogen (secondary N) is 2. The molecule has 1 atom stereocenters. The van der Waals surface area contributed by atoms with E-state index in [0.717, 1.165) is 5.57 Å². The van der Waals surface area contributed by atoms with E-state index in [1.54, 1.807) is 7.05 Å². The maximum absolute atomic E-state index is 5.89. The summed E-state index contributed by atoms with van der Waals surface area (Å²) in [5.74, 6) is 0.709. The summed E-state index contributed by atoms with van der Waals surface area (Å²) in [4.78, 5) is 3.95. The van der Waals surface area contributed by atoms with Gasteiger partial charge in [0.2, 0.25) is 0 Å². The zero-order chi connectivity index (χ0) is 8.48. The standard InChI is InChI=1S/C7H14N4/c1-5-4-10-6(9-3)11-7(5,2)8/h4H,8H2,1-3H3,(H2,9,10,11). The van der Waals surface area contributed by atoms with Gasteiger partial charge < -0.3 is 16.4 Å². The molecule has 4 N–H and O–H groups in total. The highest BCUT2D eigenvalue weighted by molar-refractivity contribution is 5.83. The number of hydrogen-bond donors (Lipinski definition) is 3. The molecule has 0 spiro atoms. The molecule has 0 saturated heterocycles. The van der Waals surface area contributed by atoms with Gasteiger partial charge in [0, 0.05) is 13.2 Å². The lowest BCUT2D eigenvalue weighted by molar-refractivity contribution is 0.490. The van der Waals surface area contributed by atoms with Crippen molar-refractivity contribution in [1.82, 2.24) is 10.6 Å². The molecule has 0 saturated carbocycles. The second kappa shape index (κ2) is 2.54. The van der Waals surface area contributed by atoms with Crippen molar-refractivity contribution >= 4 is 5.96 Å². The van der Waals surface area contributed by atoms with Crippen LogP contribution in [0.4, 0.5) is 0 Å². The van der Waals surface area contributed by atoms with Gasteiger partial charge in [-0.2, -0.15) is 0 Å². The van der Waals surface area contributed by atoms with E-state index < -0.39 is 5.66 Å². The van der Waals surface area contributed by atoms with Crippen molar-refractivity contribution in [2.45, 2.75) is 19.5 Å². The van der Waals surface area contributed by atoms with Crippen molar-refractivity contribution in [1.29, 1.82) is 0 Å². The highest BCUT2D eigenvalue weighted by Crippen LogP contribution is 2.10. The molecule has 11 heavy (non-hydrogen) atoms. The van der Waals surface area contributed by atoms with Gasteiger partial charge in [0.05, 0.1) is 0 Å². The van der Waals surface area contributed by atoms with Crippen LogP contribution in [-0.2, 0) is 0 Å². The maximum Gasteiger partial charge on any atom is 0.196 e. The third-order valence-electron chi connectivity index (χ3n) is 1.85. The van der Waals surface area contributed by atoms with Crippen LogP contribution in [0.1, 0.15) is 13.8 Å². The molecular weight excluding hydrogens is 140 g/mol. The van der Waals surface area contributed by atoms with Crippen molar-refractivity contribution < 1.29 is 0 Å². The smallest absolute Gasteiger partial charge is 0.196 e. The lowest BCUT2D eigenvalue weighted by atomic mass is 10.0. The average Bonchev–Trinajstić information content (AvgIpc) is 1.95. The largest absolute Gasteiger partial charge is 0.335 e. The summed E-state index contributed by atoms with van der Waals surface area (Å²) in [5, 5.41) is 6.01. The fourth-order valence-corrected chi connectivity index (χ4v) is 0.828. The van der Waals surface area contributed by atoms with E-state index in [9.17, 15) is 0 Å². The molecule has 0 amide bonds. The number of guanidine groups is 1. The van der Waals surface area contributed by atoms with Gasteiger partial charge in [0.25, 0.3) is 0 Å². The van der Waals surface area contributed by atoms with Crippen molar-refractivity contribution in [2.75, 3.05) is 7.05 Å². The molecule has 4 nitrogen and oxygen atoms in total. The molecule has 0 aromatic carbocycles. The second-order valence-corrected chi connectivity index (χ2v) is 2.87. The first kappa shape index (κ1) is 8.07. The van der Waals surface area contributed by atoms with E-state index in [1.807, 2.05) is 20.0 Å². The lowest BCUT2D eigenvalue weighted by Gasteiger charge is -2.32. The van der Waals surface area contributed by atoms with Crippen molar-refractivity contribution in [2.24, 2.45) is 10.7 Å². The molecule has 0 aromatic rings. The highest BCUT2D eigenvalue weighted by Gasteiger charge is 2.24. The fourth-order valence-electron chi connectivity index (χ4n) is 0.828. The summed E-state index contributed by atoms with van der Waals surface area (Å²) in [5.41, 5.74) is 6.48. The molecule has 1 heterocycles. The number of hydrogen-bond acceptors (Lipinski definition) is 2. The summed E-state index contributed by atoms with van der Waals surface area (Å²) in [6.45, 7) is 3.87. The van der Waals surface area contributed by atoms with Crippen LogP contribution in [0.3, 0.4) is 0 Å². The van der Waals surface area contributed by atoms with Crippen LogP contribution in [-0.4, -0.2) is 18.7 Å². The zero-order valence-electron chi connectivity index (χ0n) is 7.10. The van der Waals surface area contributed by atoms with Gasteiger partial charge in [-0.05, 0) is 19.4 Å². The molecule has 62 valence electrons. The number of aliphatic imine (C=N–C) groups is 1. The summed E-state index contributed by atoms with van der Waals surface area (Å²) in [6.07, 6.45) is 1.86. The average molecular weight is 154 g/mol. The Morgan fingerprint density at radius 3 is 2.73 bits per heavy atom. The minimum absolute atomic E-state index is 0.472. The van der Waals surface area contributed by atoms with Gasteiger partial charge in [0.15, 0.2) is 5.96 Å². The Balaban J connectivity index is 2.86. The molecule has 1 unspecified atom stereocenters. The van der Waals surface area contributed by atoms with Crippen molar-refractivity contribution in [3.8, 4) is 0 Å². The van der Waals surface area contributed by atoms with Crippen LogP contribution in [0.15, 0.2) is 16.8 Å². The summed E-state index contributed by atoms with van der Waals surface area (Å²) >= 11 is 0. The Kier molecular flexibility index (Phi) is 1.87. The van der Waals surface area contributed by atoms with Gasteiger partial charge in [-0.25, -0.2) is 0 Å². The molecule has 0 radical (unpaired) electrons. The van der Waals surface area contributed by atoms with E-state index in [2.05, 4.69) is 15.6 Å². The number of nitrogens with zero attached hydrogens (tertiary/aromatic N) is 1. The maximum atomic E-state index is 5.89. The van der Waals surface area contributed by atoms with Crippen LogP contribution in [0.2, 0.25) is 0 Å². The van der Waals surface area contributed by atoms with Crippen LogP contribution in [0.5, 0.6) is 0 Å². The Bertz CT molecular complexity index is 214. The van der Waals surface area contributed by atoms with Crippen LogP contribution < -0.4 is 16.4 Å². The Hall–Kier alpha value is -1.03. The lowest BCUT2D eigenvalue weighted by Crippen LogP contribution is -2.60. The first-order valence-electron chi connectivity index (χ1n) is 3.54. The normalized spacial score (nSPS) is 34.2. The van der Waals surface area contributed by atoms with E-state index in [4.69, 9.17) is 5.73 Å². The van der Waals surface area contributed by atoms with E-state index in [1.165, 1.54) is 0 Å². The monoisotopic (exact) mass is 154 g/mol. The Labute approximate surface area is 66.6 Å². The minimum Gasteiger partial charge on any atom is -0.335 e. The molecule has 0 fully saturated rings. The van der Waals surface area contributed by atoms with Crippen LogP contribution in [0.25, 0.3) is 0 Å². The Morgan fingerprint density at radius 2 is 2.27 bits per heavy atom. The van der Waals surface area contributed by atoms with E-state index in [0.29, 0.717) is 5.96 Å². The number of nitrogens with two attached hydrogens (primary N) is 1. The Morgan fingerprint density at radius 1 is 1.64 bits per heavy atom. The summed E-state index contributed by atoms with van der Waals surface area (Å²) in [6, 6.07) is 0. The third-order valence-corrected chi connectivity index (χ3v) is 1.85. The predicted molar refractivity (Wildman–Crippen MR) is 46.0 cm³/mol. The van der Waals surface area contributed by atoms with E-state index >= 15 is 0 Å². The molecule has 0 bridgehead atoms. The van der Waals surface area contributed by atoms with Gasteiger partial charge >= 0.3 is 0 Å². The molecule has 1 aliphatic rings. The molecular formula is C7H14N4. The van der Waals surface area contributed by atoms with Gasteiger partial charge in [-0.3, -0.25) is 4.99 Å². The second-order valence-electron chi connectivity index (χ2n) is 2.87. The SMILES string of the molecule is CN=C1NC=C(C)C(C)(N)N1. The van der Waals surface area contributed by atoms with Crippen molar-refractivity contribution in [3.05, 3.63) is 11.8 Å². The molecule has 0 aliphatic carbocycles. The molecule has 0 aromatic heterocycles. The van der Waals surface area contributed by atoms with Gasteiger partial charge in [-0.1, -0.05) is 0 Å². The van der Waals surface area contributed by atoms with E-state index in [-0.39, 0.29) is 0 Å². The molecule has 1 rings (SSSR count). The topological polar surface area (TPSA) is 62.4 Å². The first-order chi connectivity index (χ1) is 5.06. The summed E-state index contributed by atoms with van der Waals surface area (Å²) < 4.78 is 0. The quantitative estimate of drug-likeness (QED) is 0.450.